The van der Waals surface area contributed by atoms with Crippen molar-refractivity contribution in [3.8, 4) is 5.75 Å². The highest BCUT2D eigenvalue weighted by Gasteiger charge is 2.13. The second kappa shape index (κ2) is 7.09. The molecule has 0 aliphatic carbocycles. The summed E-state index contributed by atoms with van der Waals surface area (Å²) in [5.41, 5.74) is 2.06. The Kier molecular flexibility index (Phi) is 5.44. The van der Waals surface area contributed by atoms with Crippen molar-refractivity contribution in [2.75, 3.05) is 13.0 Å². The van der Waals surface area contributed by atoms with E-state index in [2.05, 4.69) is 15.9 Å². The number of ether oxygens (including phenoxy) is 1. The predicted octanol–water partition coefficient (Wildman–Crippen LogP) is 5.16. The molecule has 0 spiro atoms. The van der Waals surface area contributed by atoms with E-state index in [0.29, 0.717) is 5.88 Å². The zero-order valence-electron chi connectivity index (χ0n) is 11.1. The van der Waals surface area contributed by atoms with E-state index in [9.17, 15) is 4.39 Å². The highest BCUT2D eigenvalue weighted by molar-refractivity contribution is 9.10. The van der Waals surface area contributed by atoms with Gasteiger partial charge in [-0.25, -0.2) is 4.39 Å². The third kappa shape index (κ3) is 3.74. The molecule has 20 heavy (non-hydrogen) atoms. The zero-order valence-corrected chi connectivity index (χ0v) is 13.4. The van der Waals surface area contributed by atoms with Gasteiger partial charge in [-0.2, -0.15) is 0 Å². The molecule has 2 aromatic carbocycles. The van der Waals surface area contributed by atoms with Gasteiger partial charge in [0.1, 0.15) is 11.6 Å². The van der Waals surface area contributed by atoms with Crippen LogP contribution in [-0.4, -0.2) is 13.0 Å². The Labute approximate surface area is 131 Å². The number of alkyl halides is 1. The fourth-order valence-corrected chi connectivity index (χ4v) is 3.02. The molecule has 0 bridgehead atoms. The van der Waals surface area contributed by atoms with Crippen LogP contribution in [-0.2, 0) is 6.42 Å². The van der Waals surface area contributed by atoms with Gasteiger partial charge in [-0.15, -0.1) is 11.6 Å². The molecule has 0 amide bonds. The molecule has 0 aliphatic rings. The molecule has 2 aromatic rings. The minimum Gasteiger partial charge on any atom is -0.496 e. The summed E-state index contributed by atoms with van der Waals surface area (Å²) in [7, 11) is 1.63. The Hall–Kier alpha value is -1.06. The van der Waals surface area contributed by atoms with Gasteiger partial charge in [0.2, 0.25) is 0 Å². The van der Waals surface area contributed by atoms with E-state index in [0.717, 1.165) is 27.8 Å². The van der Waals surface area contributed by atoms with Crippen molar-refractivity contribution in [3.63, 3.8) is 0 Å². The maximum absolute atomic E-state index is 13.3. The Balaban J connectivity index is 2.20. The summed E-state index contributed by atoms with van der Waals surface area (Å²) in [6.07, 6.45) is 0.759. The first kappa shape index (κ1) is 15.3. The maximum atomic E-state index is 13.3. The van der Waals surface area contributed by atoms with Gasteiger partial charge in [0.15, 0.2) is 0 Å². The largest absolute Gasteiger partial charge is 0.496 e. The SMILES string of the molecule is COc1ccc(CC(CCl)c2cccc(F)c2)cc1Br. The van der Waals surface area contributed by atoms with Crippen LogP contribution in [0.2, 0.25) is 0 Å². The number of hydrogen-bond acceptors (Lipinski definition) is 1. The molecule has 0 radical (unpaired) electrons. The van der Waals surface area contributed by atoms with Crippen molar-refractivity contribution in [2.45, 2.75) is 12.3 Å². The second-order valence-corrected chi connectivity index (χ2v) is 5.74. The van der Waals surface area contributed by atoms with Crippen LogP contribution in [0.5, 0.6) is 5.75 Å². The molecule has 0 saturated heterocycles. The summed E-state index contributed by atoms with van der Waals surface area (Å²) in [6.45, 7) is 0. The lowest BCUT2D eigenvalue weighted by Crippen LogP contribution is -2.05. The molecule has 1 atom stereocenters. The van der Waals surface area contributed by atoms with E-state index >= 15 is 0 Å². The Morgan fingerprint density at radius 3 is 2.65 bits per heavy atom. The first-order valence-corrected chi connectivity index (χ1v) is 7.60. The molecule has 1 nitrogen and oxygen atoms in total. The molecule has 1 unspecified atom stereocenters. The Bertz CT molecular complexity index is 588. The second-order valence-electron chi connectivity index (χ2n) is 4.58. The summed E-state index contributed by atoms with van der Waals surface area (Å²) in [5, 5.41) is 0. The summed E-state index contributed by atoms with van der Waals surface area (Å²) < 4.78 is 19.4. The minimum absolute atomic E-state index is 0.0904. The molecule has 0 fully saturated rings. The topological polar surface area (TPSA) is 9.23 Å². The predicted molar refractivity (Wildman–Crippen MR) is 84.3 cm³/mol. The Morgan fingerprint density at radius 1 is 1.25 bits per heavy atom. The van der Waals surface area contributed by atoms with E-state index in [1.54, 1.807) is 19.2 Å². The highest BCUT2D eigenvalue weighted by atomic mass is 79.9. The van der Waals surface area contributed by atoms with Gasteiger partial charge in [0.25, 0.3) is 0 Å². The van der Waals surface area contributed by atoms with Crippen molar-refractivity contribution in [1.82, 2.24) is 0 Å². The van der Waals surface area contributed by atoms with Gasteiger partial charge in [-0.1, -0.05) is 18.2 Å². The van der Waals surface area contributed by atoms with E-state index in [-0.39, 0.29) is 11.7 Å². The third-order valence-corrected chi connectivity index (χ3v) is 4.20. The number of halogens is 3. The van der Waals surface area contributed by atoms with Gasteiger partial charge in [-0.3, -0.25) is 0 Å². The smallest absolute Gasteiger partial charge is 0.133 e. The lowest BCUT2D eigenvalue weighted by molar-refractivity contribution is 0.412. The molecule has 0 aliphatic heterocycles. The average molecular weight is 358 g/mol. The molecule has 0 aromatic heterocycles. The molecule has 0 saturated carbocycles. The van der Waals surface area contributed by atoms with Crippen molar-refractivity contribution in [3.05, 3.63) is 63.9 Å². The van der Waals surface area contributed by atoms with Crippen LogP contribution in [0.3, 0.4) is 0 Å². The van der Waals surface area contributed by atoms with Gasteiger partial charge >= 0.3 is 0 Å². The zero-order chi connectivity index (χ0) is 14.5. The lowest BCUT2D eigenvalue weighted by Gasteiger charge is -2.15. The fourth-order valence-electron chi connectivity index (χ4n) is 2.14. The number of benzene rings is 2. The summed E-state index contributed by atoms with van der Waals surface area (Å²) in [5.74, 6) is 1.11. The van der Waals surface area contributed by atoms with E-state index in [1.807, 2.05) is 24.3 Å². The van der Waals surface area contributed by atoms with E-state index < -0.39 is 0 Å². The molecule has 2 rings (SSSR count). The van der Waals surface area contributed by atoms with E-state index in [4.69, 9.17) is 16.3 Å². The van der Waals surface area contributed by atoms with Crippen molar-refractivity contribution >= 4 is 27.5 Å². The number of methoxy groups -OCH3 is 1. The number of rotatable bonds is 5. The fraction of sp³-hybridized carbons (Fsp3) is 0.250. The first-order valence-electron chi connectivity index (χ1n) is 6.28. The van der Waals surface area contributed by atoms with E-state index in [1.165, 1.54) is 6.07 Å². The minimum atomic E-state index is -0.228. The van der Waals surface area contributed by atoms with Gasteiger partial charge < -0.3 is 4.74 Å². The van der Waals surface area contributed by atoms with Crippen LogP contribution in [0.25, 0.3) is 0 Å². The first-order chi connectivity index (χ1) is 9.63. The van der Waals surface area contributed by atoms with Crippen LogP contribution in [0, 0.1) is 5.82 Å². The van der Waals surface area contributed by atoms with Gasteiger partial charge in [0.05, 0.1) is 11.6 Å². The van der Waals surface area contributed by atoms with Crippen LogP contribution < -0.4 is 4.74 Å². The standard InChI is InChI=1S/C16H15BrClFO/c1-20-16-6-5-11(8-15(16)17)7-13(10-18)12-3-2-4-14(19)9-12/h2-6,8-9,13H,7,10H2,1H3. The molecule has 4 heteroatoms. The summed E-state index contributed by atoms with van der Waals surface area (Å²) in [4.78, 5) is 0. The van der Waals surface area contributed by atoms with Gasteiger partial charge in [-0.05, 0) is 57.7 Å². The lowest BCUT2D eigenvalue weighted by atomic mass is 9.93. The van der Waals surface area contributed by atoms with Crippen molar-refractivity contribution < 1.29 is 9.13 Å². The van der Waals surface area contributed by atoms with Crippen molar-refractivity contribution in [2.24, 2.45) is 0 Å². The van der Waals surface area contributed by atoms with Crippen LogP contribution in [0.15, 0.2) is 46.9 Å². The molecular formula is C16H15BrClFO. The maximum Gasteiger partial charge on any atom is 0.133 e. The average Bonchev–Trinajstić information content (AvgIpc) is 2.45. The third-order valence-electron chi connectivity index (χ3n) is 3.20. The summed E-state index contributed by atoms with van der Waals surface area (Å²) in [6, 6.07) is 12.5. The molecule has 0 heterocycles. The van der Waals surface area contributed by atoms with Crippen molar-refractivity contribution in [1.29, 1.82) is 0 Å². The molecular weight excluding hydrogens is 343 g/mol. The van der Waals surface area contributed by atoms with Gasteiger partial charge in [0, 0.05) is 11.8 Å². The highest BCUT2D eigenvalue weighted by Crippen LogP contribution is 2.29. The Morgan fingerprint density at radius 2 is 2.05 bits per heavy atom. The summed E-state index contributed by atoms with van der Waals surface area (Å²) >= 11 is 9.51. The quantitative estimate of drug-likeness (QED) is 0.671. The normalized spacial score (nSPS) is 12.2. The van der Waals surface area contributed by atoms with Crippen LogP contribution in [0.1, 0.15) is 17.0 Å². The monoisotopic (exact) mass is 356 g/mol. The molecule has 0 N–H and O–H groups in total. The number of hydrogen-bond donors (Lipinski definition) is 0. The molecule has 106 valence electrons. The van der Waals surface area contributed by atoms with Crippen LogP contribution >= 0.6 is 27.5 Å². The van der Waals surface area contributed by atoms with Crippen LogP contribution in [0.4, 0.5) is 4.39 Å².